The van der Waals surface area contributed by atoms with E-state index in [1.807, 2.05) is 19.1 Å². The molecule has 0 spiro atoms. The van der Waals surface area contributed by atoms with Gasteiger partial charge in [0.15, 0.2) is 0 Å². The summed E-state index contributed by atoms with van der Waals surface area (Å²) < 4.78 is 13.7. The Balaban J connectivity index is 2.14. The van der Waals surface area contributed by atoms with Crippen LogP contribution in [0, 0.1) is 24.1 Å². The van der Waals surface area contributed by atoms with Crippen molar-refractivity contribution in [2.24, 2.45) is 0 Å². The van der Waals surface area contributed by atoms with Crippen LogP contribution in [0.1, 0.15) is 12.0 Å². The Bertz CT molecular complexity index is 776. The summed E-state index contributed by atoms with van der Waals surface area (Å²) in [5, 5.41) is 9.44. The van der Waals surface area contributed by atoms with E-state index in [0.717, 1.165) is 17.3 Å². The fourth-order valence-electron chi connectivity index (χ4n) is 2.14. The highest BCUT2D eigenvalue weighted by Crippen LogP contribution is 2.25. The van der Waals surface area contributed by atoms with E-state index in [4.69, 9.17) is 16.9 Å². The molecule has 2 aromatic rings. The molecule has 0 N–H and O–H groups in total. The first-order chi connectivity index (χ1) is 11.5. The van der Waals surface area contributed by atoms with Crippen molar-refractivity contribution < 1.29 is 9.18 Å². The van der Waals surface area contributed by atoms with E-state index < -0.39 is 0 Å². The Labute approximate surface area is 150 Å². The second kappa shape index (κ2) is 8.72. The number of rotatable bonds is 6. The SMILES string of the molecule is Cc1cc(N(CCC#N)C(=O)CSc2ccccc2F)ccc1Cl. The minimum absolute atomic E-state index is 0.0913. The Morgan fingerprint density at radius 1 is 1.33 bits per heavy atom. The molecule has 1 amide bonds. The van der Waals surface area contributed by atoms with Crippen molar-refractivity contribution in [3.05, 3.63) is 58.9 Å². The summed E-state index contributed by atoms with van der Waals surface area (Å²) in [5.74, 6) is -0.435. The Morgan fingerprint density at radius 2 is 2.08 bits per heavy atom. The molecule has 2 aromatic carbocycles. The largest absolute Gasteiger partial charge is 0.311 e. The van der Waals surface area contributed by atoms with Crippen molar-refractivity contribution in [1.29, 1.82) is 5.26 Å². The minimum atomic E-state index is -0.346. The first kappa shape index (κ1) is 18.3. The summed E-state index contributed by atoms with van der Waals surface area (Å²) in [6, 6.07) is 13.7. The Hall–Kier alpha value is -2.03. The number of halogens is 2. The molecule has 3 nitrogen and oxygen atoms in total. The van der Waals surface area contributed by atoms with Gasteiger partial charge < -0.3 is 4.90 Å². The molecule has 0 saturated heterocycles. The maximum absolute atomic E-state index is 13.7. The molecular weight excluding hydrogens is 347 g/mol. The zero-order valence-electron chi connectivity index (χ0n) is 13.1. The van der Waals surface area contributed by atoms with Crippen LogP contribution in [0.2, 0.25) is 5.02 Å². The van der Waals surface area contributed by atoms with E-state index in [1.54, 1.807) is 35.2 Å². The van der Waals surface area contributed by atoms with Crippen LogP contribution < -0.4 is 4.90 Å². The lowest BCUT2D eigenvalue weighted by molar-refractivity contribution is -0.116. The van der Waals surface area contributed by atoms with Crippen LogP contribution in [-0.4, -0.2) is 18.2 Å². The molecule has 0 bridgehead atoms. The second-order valence-electron chi connectivity index (χ2n) is 5.11. The van der Waals surface area contributed by atoms with Gasteiger partial charge in [0, 0.05) is 22.2 Å². The summed E-state index contributed by atoms with van der Waals surface area (Å²) in [4.78, 5) is 14.5. The Kier molecular flexibility index (Phi) is 6.65. The average molecular weight is 363 g/mol. The van der Waals surface area contributed by atoms with Gasteiger partial charge in [0.2, 0.25) is 5.91 Å². The van der Waals surface area contributed by atoms with Gasteiger partial charge in [0.05, 0.1) is 18.2 Å². The van der Waals surface area contributed by atoms with E-state index in [1.165, 1.54) is 6.07 Å². The van der Waals surface area contributed by atoms with E-state index in [-0.39, 0.29) is 30.4 Å². The molecule has 0 aliphatic rings. The maximum atomic E-state index is 13.7. The topological polar surface area (TPSA) is 44.1 Å². The minimum Gasteiger partial charge on any atom is -0.311 e. The zero-order valence-corrected chi connectivity index (χ0v) is 14.7. The molecule has 2 rings (SSSR count). The van der Waals surface area contributed by atoms with Gasteiger partial charge in [-0.15, -0.1) is 11.8 Å². The molecular formula is C18H16ClFN2OS. The quantitative estimate of drug-likeness (QED) is 0.691. The molecule has 124 valence electrons. The molecule has 0 aromatic heterocycles. The maximum Gasteiger partial charge on any atom is 0.237 e. The van der Waals surface area contributed by atoms with Crippen molar-refractivity contribution in [3.63, 3.8) is 0 Å². The molecule has 0 unspecified atom stereocenters. The molecule has 6 heteroatoms. The molecule has 24 heavy (non-hydrogen) atoms. The first-order valence-corrected chi connectivity index (χ1v) is 8.70. The predicted octanol–water partition coefficient (Wildman–Crippen LogP) is 4.83. The monoisotopic (exact) mass is 362 g/mol. The first-order valence-electron chi connectivity index (χ1n) is 7.33. The van der Waals surface area contributed by atoms with Crippen LogP contribution in [0.15, 0.2) is 47.4 Å². The van der Waals surface area contributed by atoms with Crippen LogP contribution in [0.3, 0.4) is 0 Å². The third kappa shape index (κ3) is 4.73. The van der Waals surface area contributed by atoms with Gasteiger partial charge in [-0.2, -0.15) is 5.26 Å². The number of hydrogen-bond acceptors (Lipinski definition) is 3. The highest BCUT2D eigenvalue weighted by Gasteiger charge is 2.17. The summed E-state index contributed by atoms with van der Waals surface area (Å²) in [6.45, 7) is 2.14. The third-order valence-electron chi connectivity index (χ3n) is 3.39. The summed E-state index contributed by atoms with van der Waals surface area (Å²) in [6.07, 6.45) is 0.220. The van der Waals surface area contributed by atoms with Crippen molar-refractivity contribution in [3.8, 4) is 6.07 Å². The molecule has 0 fully saturated rings. The number of anilines is 1. The van der Waals surface area contributed by atoms with Crippen molar-refractivity contribution in [2.75, 3.05) is 17.2 Å². The number of carbonyl (C=O) groups is 1. The molecule has 0 heterocycles. The average Bonchev–Trinajstić information content (AvgIpc) is 2.57. The fraction of sp³-hybridized carbons (Fsp3) is 0.222. The smallest absolute Gasteiger partial charge is 0.237 e. The van der Waals surface area contributed by atoms with E-state index in [2.05, 4.69) is 0 Å². The number of hydrogen-bond donors (Lipinski definition) is 0. The van der Waals surface area contributed by atoms with Crippen LogP contribution in [-0.2, 0) is 4.79 Å². The van der Waals surface area contributed by atoms with Crippen molar-refractivity contribution in [2.45, 2.75) is 18.2 Å². The van der Waals surface area contributed by atoms with Crippen molar-refractivity contribution >= 4 is 35.0 Å². The second-order valence-corrected chi connectivity index (χ2v) is 6.53. The summed E-state index contributed by atoms with van der Waals surface area (Å²) >= 11 is 7.17. The molecule has 0 radical (unpaired) electrons. The summed E-state index contributed by atoms with van der Waals surface area (Å²) in [5.41, 5.74) is 1.54. The van der Waals surface area contributed by atoms with Crippen LogP contribution in [0.5, 0.6) is 0 Å². The lowest BCUT2D eigenvalue weighted by Crippen LogP contribution is -2.33. The van der Waals surface area contributed by atoms with E-state index >= 15 is 0 Å². The number of thioether (sulfide) groups is 1. The highest BCUT2D eigenvalue weighted by atomic mass is 35.5. The molecule has 0 atom stereocenters. The number of benzene rings is 2. The van der Waals surface area contributed by atoms with Gasteiger partial charge in [-0.3, -0.25) is 4.79 Å². The van der Waals surface area contributed by atoms with Gasteiger partial charge >= 0.3 is 0 Å². The lowest BCUT2D eigenvalue weighted by atomic mass is 10.2. The molecule has 0 aliphatic carbocycles. The zero-order chi connectivity index (χ0) is 17.5. The number of nitriles is 1. The third-order valence-corrected chi connectivity index (χ3v) is 4.85. The molecule has 0 aliphatic heterocycles. The van der Waals surface area contributed by atoms with Gasteiger partial charge in [-0.1, -0.05) is 23.7 Å². The molecule has 0 saturated carbocycles. The van der Waals surface area contributed by atoms with E-state index in [0.29, 0.717) is 15.6 Å². The van der Waals surface area contributed by atoms with Gasteiger partial charge in [-0.25, -0.2) is 4.39 Å². The fourth-order valence-corrected chi connectivity index (χ4v) is 3.07. The van der Waals surface area contributed by atoms with Gasteiger partial charge in [0.1, 0.15) is 5.82 Å². The van der Waals surface area contributed by atoms with Gasteiger partial charge in [0.25, 0.3) is 0 Å². The van der Waals surface area contributed by atoms with E-state index in [9.17, 15) is 9.18 Å². The standard InChI is InChI=1S/C18H16ClFN2OS/c1-13-11-14(7-8-15(13)19)22(10-4-9-21)18(23)12-24-17-6-3-2-5-16(17)20/h2-3,5-8,11H,4,10,12H2,1H3. The van der Waals surface area contributed by atoms with Crippen LogP contribution in [0.25, 0.3) is 0 Å². The number of amides is 1. The predicted molar refractivity (Wildman–Crippen MR) is 95.9 cm³/mol. The highest BCUT2D eigenvalue weighted by molar-refractivity contribution is 8.00. The normalized spacial score (nSPS) is 10.2. The van der Waals surface area contributed by atoms with Crippen LogP contribution in [0.4, 0.5) is 10.1 Å². The summed E-state index contributed by atoms with van der Waals surface area (Å²) in [7, 11) is 0. The number of aryl methyl sites for hydroxylation is 1. The van der Waals surface area contributed by atoms with Gasteiger partial charge in [-0.05, 0) is 42.8 Å². The van der Waals surface area contributed by atoms with Crippen LogP contribution >= 0.6 is 23.4 Å². The number of carbonyl (C=O) groups excluding carboxylic acids is 1. The lowest BCUT2D eigenvalue weighted by Gasteiger charge is -2.22. The Morgan fingerprint density at radius 3 is 2.75 bits per heavy atom. The van der Waals surface area contributed by atoms with Crippen molar-refractivity contribution in [1.82, 2.24) is 0 Å². The number of nitrogens with zero attached hydrogens (tertiary/aromatic N) is 2.